The number of carbonyl (C=O) groups excluding carboxylic acids is 1. The second-order valence-corrected chi connectivity index (χ2v) is 6.43. The number of nitrogens with one attached hydrogen (secondary N) is 1. The number of aromatic amines is 1. The lowest BCUT2D eigenvalue weighted by atomic mass is 10.0. The molecule has 0 saturated carbocycles. The number of hydrogen-bond donors (Lipinski definition) is 1. The SMILES string of the molecule is CCc1n[nH]c2c1CN(C(=O)c1cc(C)nc3ccc(F)cc13)CC2. The normalized spacial score (nSPS) is 14.0. The number of hydrogen-bond acceptors (Lipinski definition) is 3. The van der Waals surface area contributed by atoms with Gasteiger partial charge >= 0.3 is 0 Å². The van der Waals surface area contributed by atoms with E-state index in [4.69, 9.17) is 0 Å². The molecule has 1 aromatic carbocycles. The van der Waals surface area contributed by atoms with Gasteiger partial charge in [-0.05, 0) is 37.6 Å². The molecule has 0 fully saturated rings. The molecule has 25 heavy (non-hydrogen) atoms. The molecule has 4 rings (SSSR count). The number of nitrogens with zero attached hydrogens (tertiary/aromatic N) is 3. The highest BCUT2D eigenvalue weighted by Crippen LogP contribution is 2.25. The number of carbonyl (C=O) groups is 1. The Morgan fingerprint density at radius 1 is 1.36 bits per heavy atom. The van der Waals surface area contributed by atoms with Crippen LogP contribution in [0.2, 0.25) is 0 Å². The minimum absolute atomic E-state index is 0.0880. The van der Waals surface area contributed by atoms with Crippen LogP contribution in [-0.2, 0) is 19.4 Å². The van der Waals surface area contributed by atoms with E-state index in [-0.39, 0.29) is 11.7 Å². The van der Waals surface area contributed by atoms with E-state index >= 15 is 0 Å². The third kappa shape index (κ3) is 2.67. The number of benzene rings is 1. The van der Waals surface area contributed by atoms with Gasteiger partial charge in [0.2, 0.25) is 0 Å². The van der Waals surface area contributed by atoms with E-state index in [2.05, 4.69) is 22.1 Å². The van der Waals surface area contributed by atoms with Gasteiger partial charge in [-0.25, -0.2) is 4.39 Å². The summed E-state index contributed by atoms with van der Waals surface area (Å²) in [5.74, 6) is -0.453. The first-order chi connectivity index (χ1) is 12.1. The van der Waals surface area contributed by atoms with Crippen LogP contribution >= 0.6 is 0 Å². The molecule has 0 saturated heterocycles. The Bertz CT molecular complexity index is 965. The molecule has 3 aromatic rings. The van der Waals surface area contributed by atoms with Crippen molar-refractivity contribution in [3.63, 3.8) is 0 Å². The largest absolute Gasteiger partial charge is 0.334 e. The fourth-order valence-corrected chi connectivity index (χ4v) is 3.50. The fourth-order valence-electron chi connectivity index (χ4n) is 3.50. The van der Waals surface area contributed by atoms with Gasteiger partial charge in [-0.15, -0.1) is 0 Å². The van der Waals surface area contributed by atoms with E-state index in [1.54, 1.807) is 12.1 Å². The average molecular weight is 338 g/mol. The second-order valence-electron chi connectivity index (χ2n) is 6.43. The number of aromatic nitrogens is 3. The number of aryl methyl sites for hydroxylation is 2. The van der Waals surface area contributed by atoms with Crippen LogP contribution in [0.5, 0.6) is 0 Å². The molecule has 0 radical (unpaired) electrons. The van der Waals surface area contributed by atoms with Crippen molar-refractivity contribution in [2.75, 3.05) is 6.54 Å². The first-order valence-electron chi connectivity index (χ1n) is 8.48. The summed E-state index contributed by atoms with van der Waals surface area (Å²) in [6, 6.07) is 6.12. The lowest BCUT2D eigenvalue weighted by molar-refractivity contribution is 0.0735. The number of halogens is 1. The summed E-state index contributed by atoms with van der Waals surface area (Å²) in [6.45, 7) is 5.06. The van der Waals surface area contributed by atoms with Gasteiger partial charge in [-0.2, -0.15) is 5.10 Å². The number of rotatable bonds is 2. The Balaban J connectivity index is 1.74. The van der Waals surface area contributed by atoms with Crippen LogP contribution in [0.4, 0.5) is 4.39 Å². The molecule has 1 aliphatic heterocycles. The van der Waals surface area contributed by atoms with Crippen LogP contribution in [0, 0.1) is 12.7 Å². The van der Waals surface area contributed by atoms with Gasteiger partial charge in [-0.3, -0.25) is 14.9 Å². The highest BCUT2D eigenvalue weighted by molar-refractivity contribution is 6.06. The molecule has 0 atom stereocenters. The van der Waals surface area contributed by atoms with Crippen molar-refractivity contribution < 1.29 is 9.18 Å². The van der Waals surface area contributed by atoms with Crippen LogP contribution in [-0.4, -0.2) is 32.5 Å². The van der Waals surface area contributed by atoms with E-state index in [9.17, 15) is 9.18 Å². The van der Waals surface area contributed by atoms with Gasteiger partial charge in [0.15, 0.2) is 0 Å². The zero-order valence-corrected chi connectivity index (χ0v) is 14.3. The molecular weight excluding hydrogens is 319 g/mol. The maximum Gasteiger partial charge on any atom is 0.254 e. The van der Waals surface area contributed by atoms with Crippen molar-refractivity contribution >= 4 is 16.8 Å². The highest BCUT2D eigenvalue weighted by atomic mass is 19.1. The Morgan fingerprint density at radius 3 is 3.00 bits per heavy atom. The lowest BCUT2D eigenvalue weighted by Gasteiger charge is -2.27. The minimum atomic E-state index is -0.365. The number of amides is 1. The van der Waals surface area contributed by atoms with Gasteiger partial charge in [0, 0.05) is 41.8 Å². The zero-order chi connectivity index (χ0) is 17.6. The van der Waals surface area contributed by atoms with Crippen molar-refractivity contribution in [2.24, 2.45) is 0 Å². The smallest absolute Gasteiger partial charge is 0.254 e. The van der Waals surface area contributed by atoms with E-state index in [1.807, 2.05) is 11.8 Å². The molecule has 0 bridgehead atoms. The Kier molecular flexibility index (Phi) is 3.75. The van der Waals surface area contributed by atoms with Gasteiger partial charge in [0.25, 0.3) is 5.91 Å². The summed E-state index contributed by atoms with van der Waals surface area (Å²) >= 11 is 0. The van der Waals surface area contributed by atoms with E-state index in [0.717, 1.165) is 35.5 Å². The highest BCUT2D eigenvalue weighted by Gasteiger charge is 2.26. The third-order valence-electron chi connectivity index (χ3n) is 4.77. The van der Waals surface area contributed by atoms with Crippen molar-refractivity contribution in [2.45, 2.75) is 33.2 Å². The summed E-state index contributed by atoms with van der Waals surface area (Å²) in [6.07, 6.45) is 1.58. The minimum Gasteiger partial charge on any atom is -0.334 e. The average Bonchev–Trinajstić information content (AvgIpc) is 3.03. The lowest BCUT2D eigenvalue weighted by Crippen LogP contribution is -2.36. The van der Waals surface area contributed by atoms with Crippen LogP contribution in [0.15, 0.2) is 24.3 Å². The first kappa shape index (κ1) is 15.7. The molecule has 0 unspecified atom stereocenters. The molecule has 0 aliphatic carbocycles. The molecule has 3 heterocycles. The molecular formula is C19H19FN4O. The third-order valence-corrected chi connectivity index (χ3v) is 4.77. The van der Waals surface area contributed by atoms with Crippen LogP contribution < -0.4 is 0 Å². The quantitative estimate of drug-likeness (QED) is 0.781. The summed E-state index contributed by atoms with van der Waals surface area (Å²) in [5.41, 5.74) is 5.13. The zero-order valence-electron chi connectivity index (χ0n) is 14.3. The predicted molar refractivity (Wildman–Crippen MR) is 92.8 cm³/mol. The molecule has 128 valence electrons. The molecule has 0 spiro atoms. The monoisotopic (exact) mass is 338 g/mol. The maximum atomic E-state index is 13.7. The summed E-state index contributed by atoms with van der Waals surface area (Å²) in [5, 5.41) is 7.97. The van der Waals surface area contributed by atoms with E-state index in [1.165, 1.54) is 12.1 Å². The molecule has 1 amide bonds. The van der Waals surface area contributed by atoms with Crippen LogP contribution in [0.1, 0.15) is 39.9 Å². The number of H-pyrrole nitrogens is 1. The van der Waals surface area contributed by atoms with Gasteiger partial charge in [-0.1, -0.05) is 6.92 Å². The van der Waals surface area contributed by atoms with Gasteiger partial charge < -0.3 is 4.90 Å². The maximum absolute atomic E-state index is 13.7. The molecule has 5 nitrogen and oxygen atoms in total. The Hall–Kier alpha value is -2.76. The van der Waals surface area contributed by atoms with Crippen LogP contribution in [0.25, 0.3) is 10.9 Å². The van der Waals surface area contributed by atoms with Crippen LogP contribution in [0.3, 0.4) is 0 Å². The summed E-state index contributed by atoms with van der Waals surface area (Å²) in [4.78, 5) is 19.4. The summed E-state index contributed by atoms with van der Waals surface area (Å²) in [7, 11) is 0. The fraction of sp³-hybridized carbons (Fsp3) is 0.316. The van der Waals surface area contributed by atoms with Gasteiger partial charge in [0.05, 0.1) is 16.8 Å². The Morgan fingerprint density at radius 2 is 2.20 bits per heavy atom. The first-order valence-corrected chi connectivity index (χ1v) is 8.48. The molecule has 1 N–H and O–H groups in total. The molecule has 1 aliphatic rings. The van der Waals surface area contributed by atoms with Crippen molar-refractivity contribution in [3.05, 3.63) is 58.3 Å². The predicted octanol–water partition coefficient (Wildman–Crippen LogP) is 3.17. The van der Waals surface area contributed by atoms with Crippen molar-refractivity contribution in [1.29, 1.82) is 0 Å². The number of fused-ring (bicyclic) bond motifs is 2. The summed E-state index contributed by atoms with van der Waals surface area (Å²) < 4.78 is 13.7. The van der Waals surface area contributed by atoms with E-state index in [0.29, 0.717) is 29.6 Å². The van der Waals surface area contributed by atoms with Crippen molar-refractivity contribution in [1.82, 2.24) is 20.1 Å². The second kappa shape index (κ2) is 5.95. The van der Waals surface area contributed by atoms with E-state index < -0.39 is 0 Å². The number of pyridine rings is 1. The standard InChI is InChI=1S/C19H19FN4O/c1-3-16-15-10-24(7-6-18(15)23-22-16)19(25)14-8-11(2)21-17-5-4-12(20)9-13(14)17/h4-5,8-9H,3,6-7,10H2,1-2H3,(H,22,23). The van der Waals surface area contributed by atoms with Crippen molar-refractivity contribution in [3.8, 4) is 0 Å². The molecule has 6 heteroatoms. The topological polar surface area (TPSA) is 61.9 Å². The Labute approximate surface area is 144 Å². The van der Waals surface area contributed by atoms with Gasteiger partial charge in [0.1, 0.15) is 5.82 Å². The molecule has 2 aromatic heterocycles.